The fourth-order valence-electron chi connectivity index (χ4n) is 4.10. The minimum absolute atomic E-state index is 0.000104. The van der Waals surface area contributed by atoms with Crippen LogP contribution in [0.25, 0.3) is 0 Å². The van der Waals surface area contributed by atoms with Crippen LogP contribution in [-0.4, -0.2) is 79.6 Å². The monoisotopic (exact) mass is 532 g/mol. The molecule has 3 N–H and O–H groups in total. The Labute approximate surface area is 218 Å². The van der Waals surface area contributed by atoms with E-state index in [2.05, 4.69) is 10.6 Å². The van der Waals surface area contributed by atoms with E-state index in [4.69, 9.17) is 4.74 Å². The van der Waals surface area contributed by atoms with E-state index in [-0.39, 0.29) is 59.5 Å². The van der Waals surface area contributed by atoms with Crippen LogP contribution in [0.1, 0.15) is 38.1 Å². The van der Waals surface area contributed by atoms with E-state index >= 15 is 0 Å². The first-order chi connectivity index (χ1) is 17.4. The van der Waals surface area contributed by atoms with Gasteiger partial charge in [0.2, 0.25) is 10.0 Å². The molecule has 202 valence electrons. The standard InChI is InChI=1S/C26H36N4O6S/c1-17(2)27-26(33)28-22-13-9-12-21-24(22)36-23(18(3)14-30(25(21)32)19(4)16-31)15-29(5)37(34,35)20-10-7-6-8-11-20/h6-13,17-19,23,31H,14-16H2,1-5H3,(H2,27,28,33)/t18-,19+,23-/m1/s1. The number of carbonyl (C=O) groups excluding carboxylic acids is 2. The second-order valence-electron chi connectivity index (χ2n) is 9.66. The number of aliphatic hydroxyl groups excluding tert-OH is 1. The summed E-state index contributed by atoms with van der Waals surface area (Å²) in [5, 5.41) is 15.3. The van der Waals surface area contributed by atoms with Gasteiger partial charge in [-0.2, -0.15) is 4.31 Å². The predicted octanol–water partition coefficient (Wildman–Crippen LogP) is 2.76. The minimum Gasteiger partial charge on any atom is -0.486 e. The molecule has 3 amide bonds. The Hall–Kier alpha value is -3.15. The van der Waals surface area contributed by atoms with E-state index in [1.807, 2.05) is 20.8 Å². The van der Waals surface area contributed by atoms with Gasteiger partial charge in [-0.15, -0.1) is 0 Å². The van der Waals surface area contributed by atoms with Crippen LogP contribution < -0.4 is 15.4 Å². The molecule has 0 saturated heterocycles. The molecule has 0 bridgehead atoms. The average molecular weight is 533 g/mol. The molecule has 0 aliphatic carbocycles. The maximum atomic E-state index is 13.5. The molecule has 2 aromatic carbocycles. The molecule has 2 aromatic rings. The average Bonchev–Trinajstić information content (AvgIpc) is 2.85. The van der Waals surface area contributed by atoms with Crippen molar-refractivity contribution in [2.45, 2.75) is 50.8 Å². The summed E-state index contributed by atoms with van der Waals surface area (Å²) in [7, 11) is -2.31. The summed E-state index contributed by atoms with van der Waals surface area (Å²) in [6.07, 6.45) is -0.667. The molecule has 0 fully saturated rings. The van der Waals surface area contributed by atoms with Gasteiger partial charge in [-0.25, -0.2) is 13.2 Å². The van der Waals surface area contributed by atoms with Crippen LogP contribution >= 0.6 is 0 Å². The maximum absolute atomic E-state index is 13.5. The summed E-state index contributed by atoms with van der Waals surface area (Å²) >= 11 is 0. The van der Waals surface area contributed by atoms with Crippen LogP contribution in [0, 0.1) is 5.92 Å². The lowest BCUT2D eigenvalue weighted by molar-refractivity contribution is 0.0389. The van der Waals surface area contributed by atoms with Crippen LogP contribution in [0.2, 0.25) is 0 Å². The number of sulfonamides is 1. The molecule has 3 rings (SSSR count). The number of aliphatic hydroxyl groups is 1. The molecule has 3 atom stereocenters. The van der Waals surface area contributed by atoms with Crippen molar-refractivity contribution in [3.05, 3.63) is 54.1 Å². The number of rotatable bonds is 8. The van der Waals surface area contributed by atoms with Gasteiger partial charge in [0.15, 0.2) is 5.75 Å². The first-order valence-electron chi connectivity index (χ1n) is 12.3. The Kier molecular flexibility index (Phi) is 9.16. The number of ether oxygens (including phenoxy) is 1. The van der Waals surface area contributed by atoms with Gasteiger partial charge in [-0.1, -0.05) is 31.2 Å². The molecular weight excluding hydrogens is 496 g/mol. The molecule has 1 heterocycles. The number of para-hydroxylation sites is 1. The van der Waals surface area contributed by atoms with Crippen molar-refractivity contribution in [2.75, 3.05) is 32.1 Å². The number of fused-ring (bicyclic) bond motifs is 1. The third-order valence-corrected chi connectivity index (χ3v) is 8.09. The Morgan fingerprint density at radius 3 is 2.46 bits per heavy atom. The quantitative estimate of drug-likeness (QED) is 0.480. The van der Waals surface area contributed by atoms with E-state index in [1.165, 1.54) is 23.5 Å². The molecule has 0 radical (unpaired) electrons. The van der Waals surface area contributed by atoms with Crippen molar-refractivity contribution in [3.63, 3.8) is 0 Å². The normalized spacial score (nSPS) is 19.0. The highest BCUT2D eigenvalue weighted by Crippen LogP contribution is 2.35. The van der Waals surface area contributed by atoms with Crippen molar-refractivity contribution in [1.29, 1.82) is 0 Å². The van der Waals surface area contributed by atoms with Crippen LogP contribution in [0.15, 0.2) is 53.4 Å². The number of nitrogens with one attached hydrogen (secondary N) is 2. The number of nitrogens with zero attached hydrogens (tertiary/aromatic N) is 2. The van der Waals surface area contributed by atoms with Gasteiger partial charge < -0.3 is 25.4 Å². The summed E-state index contributed by atoms with van der Waals surface area (Å²) in [6, 6.07) is 11.9. The van der Waals surface area contributed by atoms with Crippen LogP contribution in [0.5, 0.6) is 5.75 Å². The zero-order chi connectivity index (χ0) is 27.3. The maximum Gasteiger partial charge on any atom is 0.319 e. The molecular formula is C26H36N4O6S. The van der Waals surface area contributed by atoms with Crippen molar-refractivity contribution in [3.8, 4) is 5.75 Å². The van der Waals surface area contributed by atoms with Crippen LogP contribution in [0.3, 0.4) is 0 Å². The second-order valence-corrected chi connectivity index (χ2v) is 11.7. The van der Waals surface area contributed by atoms with Gasteiger partial charge in [0, 0.05) is 25.6 Å². The number of likely N-dealkylation sites (N-methyl/N-ethyl adjacent to an activating group) is 1. The Bertz CT molecular complexity index is 1200. The lowest BCUT2D eigenvalue weighted by Gasteiger charge is -2.38. The molecule has 37 heavy (non-hydrogen) atoms. The molecule has 11 heteroatoms. The first-order valence-corrected chi connectivity index (χ1v) is 13.7. The molecule has 1 aliphatic rings. The number of anilines is 1. The van der Waals surface area contributed by atoms with E-state index in [1.54, 1.807) is 48.2 Å². The summed E-state index contributed by atoms with van der Waals surface area (Å²) in [5.74, 6) is -0.499. The second kappa shape index (κ2) is 11.9. The fraction of sp³-hybridized carbons (Fsp3) is 0.462. The SMILES string of the molecule is CC(C)NC(=O)Nc1cccc2c1O[C@H](CN(C)S(=O)(=O)c1ccccc1)[C@H](C)CN([C@@H](C)CO)C2=O. The highest BCUT2D eigenvalue weighted by molar-refractivity contribution is 7.89. The number of hydrogen-bond donors (Lipinski definition) is 3. The topological polar surface area (TPSA) is 128 Å². The predicted molar refractivity (Wildman–Crippen MR) is 141 cm³/mol. The summed E-state index contributed by atoms with van der Waals surface area (Å²) in [6.45, 7) is 7.26. The fourth-order valence-corrected chi connectivity index (χ4v) is 5.31. The smallest absolute Gasteiger partial charge is 0.319 e. The lowest BCUT2D eigenvalue weighted by Crippen LogP contribution is -2.50. The number of amides is 3. The third-order valence-electron chi connectivity index (χ3n) is 6.25. The first kappa shape index (κ1) is 28.4. The number of urea groups is 1. The molecule has 0 spiro atoms. The van der Waals surface area contributed by atoms with E-state index in [0.29, 0.717) is 0 Å². The van der Waals surface area contributed by atoms with Crippen molar-refractivity contribution in [1.82, 2.24) is 14.5 Å². The van der Waals surface area contributed by atoms with E-state index < -0.39 is 28.2 Å². The van der Waals surface area contributed by atoms with Crippen LogP contribution in [-0.2, 0) is 10.0 Å². The number of carbonyl (C=O) groups is 2. The highest BCUT2D eigenvalue weighted by Gasteiger charge is 2.36. The van der Waals surface area contributed by atoms with Gasteiger partial charge in [-0.3, -0.25) is 4.79 Å². The Balaban J connectivity index is 2.02. The summed E-state index contributed by atoms with van der Waals surface area (Å²) in [5.41, 5.74) is 0.501. The Morgan fingerprint density at radius 1 is 1.16 bits per heavy atom. The Morgan fingerprint density at radius 2 is 1.84 bits per heavy atom. The highest BCUT2D eigenvalue weighted by atomic mass is 32.2. The van der Waals surface area contributed by atoms with Crippen LogP contribution in [0.4, 0.5) is 10.5 Å². The van der Waals surface area contributed by atoms with Crippen molar-refractivity contribution < 1.29 is 27.9 Å². The third kappa shape index (κ3) is 6.60. The van der Waals surface area contributed by atoms with E-state index in [9.17, 15) is 23.1 Å². The van der Waals surface area contributed by atoms with Gasteiger partial charge in [0.25, 0.3) is 5.91 Å². The molecule has 0 unspecified atom stereocenters. The van der Waals surface area contributed by atoms with Gasteiger partial charge >= 0.3 is 6.03 Å². The van der Waals surface area contributed by atoms with Gasteiger partial charge in [0.1, 0.15) is 6.10 Å². The zero-order valence-corrected chi connectivity index (χ0v) is 22.7. The number of hydrogen-bond acceptors (Lipinski definition) is 6. The number of benzene rings is 2. The largest absolute Gasteiger partial charge is 0.486 e. The molecule has 0 saturated carbocycles. The van der Waals surface area contributed by atoms with Gasteiger partial charge in [0.05, 0.1) is 35.3 Å². The molecule has 10 nitrogen and oxygen atoms in total. The summed E-state index contributed by atoms with van der Waals surface area (Å²) in [4.78, 5) is 27.7. The minimum atomic E-state index is -3.80. The zero-order valence-electron chi connectivity index (χ0n) is 21.8. The molecule has 0 aromatic heterocycles. The summed E-state index contributed by atoms with van der Waals surface area (Å²) < 4.78 is 34.0. The lowest BCUT2D eigenvalue weighted by atomic mass is 9.99. The van der Waals surface area contributed by atoms with E-state index in [0.717, 1.165) is 0 Å². The van der Waals surface area contributed by atoms with Gasteiger partial charge in [-0.05, 0) is 45.0 Å². The van der Waals surface area contributed by atoms with Crippen molar-refractivity contribution in [2.24, 2.45) is 5.92 Å². The van der Waals surface area contributed by atoms with Crippen molar-refractivity contribution >= 4 is 27.6 Å². The molecule has 1 aliphatic heterocycles.